The molecule has 132 valence electrons. The fourth-order valence-corrected chi connectivity index (χ4v) is 4.89. The second-order valence-corrected chi connectivity index (χ2v) is 8.62. The number of ketones is 1. The van der Waals surface area contributed by atoms with Gasteiger partial charge in [0.25, 0.3) is 5.91 Å². The zero-order valence-electron chi connectivity index (χ0n) is 14.2. The van der Waals surface area contributed by atoms with Gasteiger partial charge in [0, 0.05) is 34.8 Å². The van der Waals surface area contributed by atoms with Crippen molar-refractivity contribution in [1.82, 2.24) is 9.88 Å². The van der Waals surface area contributed by atoms with Crippen LogP contribution in [0.15, 0.2) is 38.9 Å². The zero-order chi connectivity index (χ0) is 17.8. The summed E-state index contributed by atoms with van der Waals surface area (Å²) in [5.74, 6) is -0.0533. The molecule has 2 aromatic rings. The number of benzene rings is 1. The number of hydrogen-bond acceptors (Lipinski definition) is 6. The molecule has 1 aliphatic heterocycles. The molecule has 0 aliphatic carbocycles. The fraction of sp³-hybridized carbons (Fsp3) is 0.389. The molecule has 0 unspecified atom stereocenters. The van der Waals surface area contributed by atoms with Gasteiger partial charge in [-0.25, -0.2) is 4.98 Å². The third-order valence-electron chi connectivity index (χ3n) is 4.33. The molecule has 1 amide bonds. The summed E-state index contributed by atoms with van der Waals surface area (Å²) in [5, 5.41) is 1.81. The highest BCUT2D eigenvalue weighted by Crippen LogP contribution is 2.28. The molecule has 1 aromatic carbocycles. The summed E-state index contributed by atoms with van der Waals surface area (Å²) < 4.78 is 0.891. The SMILES string of the molecule is CSc1nc(C(=O)N2CCC[C@H](C(=O)c3ccccc3SC)C2)cs1. The first-order chi connectivity index (χ1) is 12.1. The van der Waals surface area contributed by atoms with Crippen molar-refractivity contribution >= 4 is 46.6 Å². The van der Waals surface area contributed by atoms with Crippen molar-refractivity contribution in [3.05, 3.63) is 40.9 Å². The largest absolute Gasteiger partial charge is 0.337 e. The molecule has 1 aliphatic rings. The van der Waals surface area contributed by atoms with Gasteiger partial charge in [-0.2, -0.15) is 0 Å². The first-order valence-corrected chi connectivity index (χ1v) is 11.4. The number of likely N-dealkylation sites (tertiary alicyclic amines) is 1. The predicted octanol–water partition coefficient (Wildman–Crippen LogP) is 4.32. The molecular weight excluding hydrogens is 372 g/mol. The zero-order valence-corrected chi connectivity index (χ0v) is 16.7. The summed E-state index contributed by atoms with van der Waals surface area (Å²) in [4.78, 5) is 32.8. The minimum absolute atomic E-state index is 0.0628. The number of amides is 1. The van der Waals surface area contributed by atoms with Crippen molar-refractivity contribution < 1.29 is 9.59 Å². The number of carbonyl (C=O) groups excluding carboxylic acids is 2. The van der Waals surface area contributed by atoms with Crippen LogP contribution in [0.3, 0.4) is 0 Å². The molecule has 0 saturated carbocycles. The minimum atomic E-state index is -0.135. The summed E-state index contributed by atoms with van der Waals surface area (Å²) >= 11 is 4.61. The van der Waals surface area contributed by atoms with Crippen LogP contribution in [-0.4, -0.2) is 47.2 Å². The molecule has 0 bridgehead atoms. The molecule has 1 atom stereocenters. The van der Waals surface area contributed by atoms with Gasteiger partial charge in [-0.3, -0.25) is 9.59 Å². The molecule has 0 spiro atoms. The van der Waals surface area contributed by atoms with Crippen LogP contribution in [0, 0.1) is 5.92 Å². The number of aromatic nitrogens is 1. The van der Waals surface area contributed by atoms with E-state index in [1.54, 1.807) is 28.4 Å². The Morgan fingerprint density at radius 2 is 2.04 bits per heavy atom. The quantitative estimate of drug-likeness (QED) is 0.560. The highest BCUT2D eigenvalue weighted by molar-refractivity contribution is 8.00. The van der Waals surface area contributed by atoms with Gasteiger partial charge in [0.15, 0.2) is 5.78 Å². The fourth-order valence-electron chi connectivity index (χ4n) is 3.05. The van der Waals surface area contributed by atoms with Crippen LogP contribution >= 0.6 is 34.9 Å². The van der Waals surface area contributed by atoms with Crippen LogP contribution in [0.2, 0.25) is 0 Å². The lowest BCUT2D eigenvalue weighted by molar-refractivity contribution is 0.0631. The topological polar surface area (TPSA) is 50.3 Å². The van der Waals surface area contributed by atoms with Crippen molar-refractivity contribution in [1.29, 1.82) is 0 Å². The molecule has 4 nitrogen and oxygen atoms in total. The third kappa shape index (κ3) is 4.10. The van der Waals surface area contributed by atoms with E-state index in [9.17, 15) is 9.59 Å². The first kappa shape index (κ1) is 18.5. The molecule has 25 heavy (non-hydrogen) atoms. The van der Waals surface area contributed by atoms with Crippen molar-refractivity contribution in [2.75, 3.05) is 25.6 Å². The Morgan fingerprint density at radius 3 is 2.76 bits per heavy atom. The molecule has 3 rings (SSSR count). The summed E-state index contributed by atoms with van der Waals surface area (Å²) in [6.45, 7) is 1.17. The lowest BCUT2D eigenvalue weighted by Gasteiger charge is -2.31. The van der Waals surface area contributed by atoms with E-state index in [4.69, 9.17) is 0 Å². The second-order valence-electron chi connectivity index (χ2n) is 5.86. The molecule has 7 heteroatoms. The molecular formula is C18H20N2O2S3. The smallest absolute Gasteiger partial charge is 0.273 e. The van der Waals surface area contributed by atoms with E-state index >= 15 is 0 Å². The van der Waals surface area contributed by atoms with Crippen molar-refractivity contribution in [2.24, 2.45) is 5.92 Å². The van der Waals surface area contributed by atoms with Gasteiger partial charge < -0.3 is 4.90 Å². The van der Waals surface area contributed by atoms with Gasteiger partial charge in [-0.15, -0.1) is 23.1 Å². The number of thiazole rings is 1. The lowest BCUT2D eigenvalue weighted by atomic mass is 9.90. The maximum absolute atomic E-state index is 13.0. The number of nitrogens with zero attached hydrogens (tertiary/aromatic N) is 2. The Labute approximate surface area is 160 Å². The van der Waals surface area contributed by atoms with Gasteiger partial charge in [0.2, 0.25) is 0 Å². The summed E-state index contributed by atoms with van der Waals surface area (Å²) in [5.41, 5.74) is 1.26. The molecule has 1 fully saturated rings. The Hall–Kier alpha value is -1.31. The maximum Gasteiger partial charge on any atom is 0.273 e. The van der Waals surface area contributed by atoms with Crippen LogP contribution in [-0.2, 0) is 0 Å². The number of Topliss-reactive ketones (excluding diaryl/α,β-unsaturated/α-hetero) is 1. The average molecular weight is 393 g/mol. The number of carbonyl (C=O) groups is 2. The summed E-state index contributed by atoms with van der Waals surface area (Å²) in [7, 11) is 0. The Balaban J connectivity index is 1.74. The highest BCUT2D eigenvalue weighted by atomic mass is 32.2. The number of hydrogen-bond donors (Lipinski definition) is 0. The number of piperidine rings is 1. The monoisotopic (exact) mass is 392 g/mol. The standard InChI is InChI=1S/C18H20N2O2S3/c1-23-15-8-4-3-7-13(15)16(21)12-6-5-9-20(10-12)17(22)14-11-25-18(19-14)24-2/h3-4,7-8,11-12H,5-6,9-10H2,1-2H3/t12-/m0/s1. The van der Waals surface area contributed by atoms with Gasteiger partial charge >= 0.3 is 0 Å². The summed E-state index contributed by atoms with van der Waals surface area (Å²) in [6.07, 6.45) is 5.61. The van der Waals surface area contributed by atoms with Gasteiger partial charge in [-0.05, 0) is 31.4 Å². The van der Waals surface area contributed by atoms with Crippen LogP contribution in [0.1, 0.15) is 33.7 Å². The van der Waals surface area contributed by atoms with E-state index in [0.29, 0.717) is 18.8 Å². The summed E-state index contributed by atoms with van der Waals surface area (Å²) in [6, 6.07) is 7.71. The van der Waals surface area contributed by atoms with Gasteiger partial charge in [-0.1, -0.05) is 30.0 Å². The van der Waals surface area contributed by atoms with Crippen molar-refractivity contribution in [3.8, 4) is 0 Å². The van der Waals surface area contributed by atoms with E-state index in [1.807, 2.05) is 42.2 Å². The maximum atomic E-state index is 13.0. The lowest BCUT2D eigenvalue weighted by Crippen LogP contribution is -2.42. The first-order valence-electron chi connectivity index (χ1n) is 8.10. The number of rotatable bonds is 5. The average Bonchev–Trinajstić information content (AvgIpc) is 3.16. The Morgan fingerprint density at radius 1 is 1.24 bits per heavy atom. The van der Waals surface area contributed by atoms with Crippen molar-refractivity contribution in [3.63, 3.8) is 0 Å². The van der Waals surface area contributed by atoms with Crippen molar-refractivity contribution in [2.45, 2.75) is 22.1 Å². The third-order valence-corrected chi connectivity index (χ3v) is 6.99. The van der Waals surface area contributed by atoms with E-state index in [2.05, 4.69) is 4.98 Å². The molecule has 1 aromatic heterocycles. The van der Waals surface area contributed by atoms with E-state index in [-0.39, 0.29) is 17.6 Å². The number of thioether (sulfide) groups is 2. The van der Waals surface area contributed by atoms with Crippen LogP contribution in [0.25, 0.3) is 0 Å². The van der Waals surface area contributed by atoms with Crippen LogP contribution < -0.4 is 0 Å². The molecule has 1 saturated heterocycles. The van der Waals surface area contributed by atoms with Gasteiger partial charge in [0.1, 0.15) is 10.0 Å². The van der Waals surface area contributed by atoms with E-state index in [0.717, 1.165) is 27.6 Å². The van der Waals surface area contributed by atoms with Crippen LogP contribution in [0.5, 0.6) is 0 Å². The van der Waals surface area contributed by atoms with E-state index < -0.39 is 0 Å². The van der Waals surface area contributed by atoms with Gasteiger partial charge in [0.05, 0.1) is 0 Å². The Bertz CT molecular complexity index is 775. The predicted molar refractivity (Wildman–Crippen MR) is 105 cm³/mol. The van der Waals surface area contributed by atoms with Crippen LogP contribution in [0.4, 0.5) is 0 Å². The molecule has 0 radical (unpaired) electrons. The molecule has 2 heterocycles. The second kappa shape index (κ2) is 8.38. The van der Waals surface area contributed by atoms with E-state index in [1.165, 1.54) is 11.3 Å². The normalized spacial score (nSPS) is 17.5. The molecule has 0 N–H and O–H groups in total. The minimum Gasteiger partial charge on any atom is -0.337 e. The Kier molecular flexibility index (Phi) is 6.19. The highest BCUT2D eigenvalue weighted by Gasteiger charge is 2.31.